The lowest BCUT2D eigenvalue weighted by Crippen LogP contribution is -2.27. The van der Waals surface area contributed by atoms with E-state index < -0.39 is 5.97 Å². The van der Waals surface area contributed by atoms with Crippen molar-refractivity contribution < 1.29 is 14.6 Å². The van der Waals surface area contributed by atoms with Gasteiger partial charge in [0, 0.05) is 35.4 Å². The molecule has 1 aromatic carbocycles. The Bertz CT molecular complexity index is 861. The fourth-order valence-corrected chi connectivity index (χ4v) is 4.63. The zero-order valence-corrected chi connectivity index (χ0v) is 15.7. The minimum atomic E-state index is -0.813. The smallest absolute Gasteiger partial charge is 0.305 e. The zero-order valence-electron chi connectivity index (χ0n) is 14.1. The number of ether oxygens (including phenoxy) is 1. The molecule has 3 heterocycles. The molecule has 8 heteroatoms. The number of H-pyrrole nitrogens is 1. The Balaban J connectivity index is 1.62. The molecule has 0 aliphatic carbocycles. The van der Waals surface area contributed by atoms with Gasteiger partial charge >= 0.3 is 5.97 Å². The van der Waals surface area contributed by atoms with E-state index in [1.54, 1.807) is 11.8 Å². The summed E-state index contributed by atoms with van der Waals surface area (Å²) in [7, 11) is 0. The van der Waals surface area contributed by atoms with E-state index in [0.29, 0.717) is 16.8 Å². The minimum Gasteiger partial charge on any atom is -0.481 e. The molecule has 0 saturated carbocycles. The molecule has 2 aliphatic heterocycles. The van der Waals surface area contributed by atoms with Crippen LogP contribution in [-0.2, 0) is 9.53 Å². The molecule has 1 saturated heterocycles. The summed E-state index contributed by atoms with van der Waals surface area (Å²) in [5, 5.41) is 15.1. The van der Waals surface area contributed by atoms with Crippen LogP contribution in [0.15, 0.2) is 23.2 Å². The fourth-order valence-electron chi connectivity index (χ4n) is 3.37. The summed E-state index contributed by atoms with van der Waals surface area (Å²) in [5.74, 6) is -0.114. The standard InChI is InChI=1S/C18H20ClN3O3S/c19-11-5-10-6-15(18-21-13(9-26-18)8-16(23)24)22-17(10)14(7-11)20-12-1-3-25-4-2-12/h5-7,12-13,20,22H,1-4,8-9H2,(H,23,24)/t13-/m0/s1. The maximum absolute atomic E-state index is 10.9. The molecular formula is C18H20ClN3O3S. The highest BCUT2D eigenvalue weighted by Crippen LogP contribution is 2.32. The second-order valence-electron chi connectivity index (χ2n) is 6.63. The number of thioether (sulfide) groups is 1. The summed E-state index contributed by atoms with van der Waals surface area (Å²) < 4.78 is 5.42. The van der Waals surface area contributed by atoms with Crippen LogP contribution in [0.4, 0.5) is 5.69 Å². The zero-order chi connectivity index (χ0) is 18.1. The van der Waals surface area contributed by atoms with Crippen LogP contribution in [0, 0.1) is 0 Å². The van der Waals surface area contributed by atoms with Gasteiger partial charge in [-0.15, -0.1) is 11.8 Å². The number of hydrogen-bond donors (Lipinski definition) is 3. The number of fused-ring (bicyclic) bond motifs is 1. The molecule has 0 bridgehead atoms. The molecular weight excluding hydrogens is 374 g/mol. The molecule has 26 heavy (non-hydrogen) atoms. The monoisotopic (exact) mass is 393 g/mol. The lowest BCUT2D eigenvalue weighted by atomic mass is 10.1. The van der Waals surface area contributed by atoms with Crippen molar-refractivity contribution in [3.63, 3.8) is 0 Å². The van der Waals surface area contributed by atoms with Gasteiger partial charge in [0.05, 0.1) is 29.4 Å². The number of nitrogens with one attached hydrogen (secondary N) is 2. The Labute approximate surface area is 160 Å². The highest BCUT2D eigenvalue weighted by Gasteiger charge is 2.23. The van der Waals surface area contributed by atoms with Crippen LogP contribution in [-0.4, -0.2) is 52.2 Å². The van der Waals surface area contributed by atoms with E-state index in [1.165, 1.54) is 0 Å². The molecule has 1 aromatic heterocycles. The number of aromatic amines is 1. The van der Waals surface area contributed by atoms with E-state index in [4.69, 9.17) is 21.4 Å². The Morgan fingerprint density at radius 2 is 2.19 bits per heavy atom. The maximum Gasteiger partial charge on any atom is 0.305 e. The van der Waals surface area contributed by atoms with Gasteiger partial charge in [0.15, 0.2) is 0 Å². The molecule has 4 rings (SSSR count). The molecule has 2 aromatic rings. The predicted octanol–water partition coefficient (Wildman–Crippen LogP) is 3.75. The molecule has 0 radical (unpaired) electrons. The Morgan fingerprint density at radius 1 is 1.38 bits per heavy atom. The molecule has 6 nitrogen and oxygen atoms in total. The van der Waals surface area contributed by atoms with Crippen molar-refractivity contribution in [1.82, 2.24) is 4.98 Å². The van der Waals surface area contributed by atoms with Gasteiger partial charge in [0.25, 0.3) is 0 Å². The number of rotatable bonds is 5. The third-order valence-corrected chi connectivity index (χ3v) is 6.00. The van der Waals surface area contributed by atoms with Crippen LogP contribution in [0.5, 0.6) is 0 Å². The van der Waals surface area contributed by atoms with Crippen molar-refractivity contribution in [3.8, 4) is 0 Å². The van der Waals surface area contributed by atoms with Gasteiger partial charge in [-0.25, -0.2) is 0 Å². The van der Waals surface area contributed by atoms with Crippen LogP contribution >= 0.6 is 23.4 Å². The molecule has 0 amide bonds. The number of hydrogen-bond acceptors (Lipinski definition) is 5. The third-order valence-electron chi connectivity index (χ3n) is 4.63. The number of carbonyl (C=O) groups is 1. The van der Waals surface area contributed by atoms with Crippen molar-refractivity contribution in [3.05, 3.63) is 28.9 Å². The fraction of sp³-hybridized carbons (Fsp3) is 0.444. The molecule has 0 spiro atoms. The highest BCUT2D eigenvalue weighted by atomic mass is 35.5. The molecule has 138 valence electrons. The van der Waals surface area contributed by atoms with Gasteiger partial charge in [-0.3, -0.25) is 9.79 Å². The number of nitrogens with zero attached hydrogens (tertiary/aromatic N) is 1. The van der Waals surface area contributed by atoms with Gasteiger partial charge in [0.1, 0.15) is 5.04 Å². The average Bonchev–Trinajstić information content (AvgIpc) is 3.22. The number of aliphatic imine (C=N–C) groups is 1. The van der Waals surface area contributed by atoms with Crippen LogP contribution in [0.1, 0.15) is 25.0 Å². The van der Waals surface area contributed by atoms with Crippen molar-refractivity contribution >= 4 is 51.0 Å². The summed E-state index contributed by atoms with van der Waals surface area (Å²) in [6, 6.07) is 6.11. The topological polar surface area (TPSA) is 86.7 Å². The van der Waals surface area contributed by atoms with E-state index in [2.05, 4.69) is 15.3 Å². The van der Waals surface area contributed by atoms with Gasteiger partial charge in [-0.2, -0.15) is 0 Å². The van der Waals surface area contributed by atoms with Gasteiger partial charge in [0.2, 0.25) is 0 Å². The number of carboxylic acids is 1. The summed E-state index contributed by atoms with van der Waals surface area (Å²) in [4.78, 5) is 18.9. The van der Waals surface area contributed by atoms with Crippen molar-refractivity contribution in [1.29, 1.82) is 0 Å². The maximum atomic E-state index is 10.9. The molecule has 1 atom stereocenters. The van der Waals surface area contributed by atoms with E-state index in [9.17, 15) is 4.79 Å². The Kier molecular flexibility index (Phi) is 5.11. The van der Waals surface area contributed by atoms with Crippen molar-refractivity contribution in [2.45, 2.75) is 31.3 Å². The summed E-state index contributed by atoms with van der Waals surface area (Å²) in [6.07, 6.45) is 2.01. The normalized spacial score (nSPS) is 21.1. The first-order chi connectivity index (χ1) is 12.6. The minimum absolute atomic E-state index is 0.0686. The van der Waals surface area contributed by atoms with E-state index in [-0.39, 0.29) is 12.5 Å². The number of halogens is 1. The van der Waals surface area contributed by atoms with E-state index in [0.717, 1.165) is 53.4 Å². The third kappa shape index (κ3) is 3.84. The quantitative estimate of drug-likeness (QED) is 0.720. The SMILES string of the molecule is O=C(O)C[C@H]1CSC(c2cc3cc(Cl)cc(NC4CCOCC4)c3[nH]2)=N1. The molecule has 3 N–H and O–H groups in total. The van der Waals surface area contributed by atoms with E-state index in [1.807, 2.05) is 18.2 Å². The lowest BCUT2D eigenvalue weighted by molar-refractivity contribution is -0.137. The van der Waals surface area contributed by atoms with Gasteiger partial charge in [-0.1, -0.05) is 11.6 Å². The first-order valence-electron chi connectivity index (χ1n) is 8.68. The number of benzene rings is 1. The second-order valence-corrected chi connectivity index (χ2v) is 8.07. The summed E-state index contributed by atoms with van der Waals surface area (Å²) in [5.41, 5.74) is 2.90. The Morgan fingerprint density at radius 3 is 2.96 bits per heavy atom. The van der Waals surface area contributed by atoms with E-state index >= 15 is 0 Å². The van der Waals surface area contributed by atoms with Crippen LogP contribution < -0.4 is 5.32 Å². The largest absolute Gasteiger partial charge is 0.481 e. The number of aromatic nitrogens is 1. The predicted molar refractivity (Wildman–Crippen MR) is 106 cm³/mol. The lowest BCUT2D eigenvalue weighted by Gasteiger charge is -2.24. The van der Waals surface area contributed by atoms with Crippen LogP contribution in [0.2, 0.25) is 5.02 Å². The summed E-state index contributed by atoms with van der Waals surface area (Å²) in [6.45, 7) is 1.55. The molecule has 1 fully saturated rings. The highest BCUT2D eigenvalue weighted by molar-refractivity contribution is 8.14. The molecule has 0 unspecified atom stereocenters. The van der Waals surface area contributed by atoms with Crippen molar-refractivity contribution in [2.24, 2.45) is 4.99 Å². The van der Waals surface area contributed by atoms with Crippen LogP contribution in [0.3, 0.4) is 0 Å². The first-order valence-corrected chi connectivity index (χ1v) is 10.0. The molecule has 2 aliphatic rings. The average molecular weight is 394 g/mol. The van der Waals surface area contributed by atoms with Gasteiger partial charge in [-0.05, 0) is 31.0 Å². The number of anilines is 1. The van der Waals surface area contributed by atoms with Crippen molar-refractivity contribution in [2.75, 3.05) is 24.3 Å². The first kappa shape index (κ1) is 17.7. The Hall–Kier alpha value is -1.70. The summed E-state index contributed by atoms with van der Waals surface area (Å²) >= 11 is 7.90. The second kappa shape index (κ2) is 7.50. The van der Waals surface area contributed by atoms with Crippen LogP contribution in [0.25, 0.3) is 10.9 Å². The van der Waals surface area contributed by atoms with Gasteiger partial charge < -0.3 is 20.1 Å². The number of aliphatic carboxylic acids is 1. The number of carboxylic acid groups (broad SMARTS) is 1.